The van der Waals surface area contributed by atoms with Crippen molar-refractivity contribution in [2.75, 3.05) is 0 Å². The molecule has 0 N–H and O–H groups in total. The Morgan fingerprint density at radius 3 is 2.73 bits per heavy atom. The zero-order valence-electron chi connectivity index (χ0n) is 8.65. The molecule has 0 saturated carbocycles. The van der Waals surface area contributed by atoms with Crippen molar-refractivity contribution in [2.24, 2.45) is 0 Å². The molecule has 0 aliphatic carbocycles. The Bertz CT molecular complexity index is 486. The van der Waals surface area contributed by atoms with Gasteiger partial charge in [-0.1, -0.05) is 6.07 Å². The number of aromatic nitrogens is 1. The summed E-state index contributed by atoms with van der Waals surface area (Å²) in [5.74, 6) is 0.652. The molecule has 3 heteroatoms. The van der Waals surface area contributed by atoms with Gasteiger partial charge < -0.3 is 4.42 Å². The molecule has 0 unspecified atom stereocenters. The van der Waals surface area contributed by atoms with Crippen LogP contribution in [0.2, 0.25) is 0 Å². The molecule has 0 fully saturated rings. The molecule has 3 nitrogen and oxygen atoms in total. The third-order valence-corrected chi connectivity index (χ3v) is 2.28. The normalized spacial score (nSPS) is 10.3. The minimum absolute atomic E-state index is 0.0754. The fourth-order valence-corrected chi connectivity index (χ4v) is 1.56. The van der Waals surface area contributed by atoms with Gasteiger partial charge in [-0.15, -0.1) is 0 Å². The van der Waals surface area contributed by atoms with Crippen molar-refractivity contribution < 1.29 is 9.21 Å². The lowest BCUT2D eigenvalue weighted by molar-refractivity contribution is 0.101. The summed E-state index contributed by atoms with van der Waals surface area (Å²) in [5, 5.41) is 0. The van der Waals surface area contributed by atoms with Gasteiger partial charge in [0.05, 0.1) is 6.20 Å². The number of benzene rings is 1. The number of oxazole rings is 1. The zero-order valence-corrected chi connectivity index (χ0v) is 8.65. The highest BCUT2D eigenvalue weighted by Crippen LogP contribution is 2.20. The standard InChI is InChI=1S/C12H11NO2/c1-8-7-10(12-13-5-6-15-12)3-4-11(8)9(2)14/h3-7H,1-2H3. The second kappa shape index (κ2) is 3.69. The maximum absolute atomic E-state index is 11.2. The fourth-order valence-electron chi connectivity index (χ4n) is 1.56. The number of ketones is 1. The van der Waals surface area contributed by atoms with E-state index in [2.05, 4.69) is 4.98 Å². The predicted molar refractivity (Wildman–Crippen MR) is 56.7 cm³/mol. The van der Waals surface area contributed by atoms with Crippen molar-refractivity contribution in [3.05, 3.63) is 41.8 Å². The van der Waals surface area contributed by atoms with Crippen LogP contribution in [0.1, 0.15) is 22.8 Å². The molecule has 1 aromatic heterocycles. The molecule has 1 heterocycles. The minimum Gasteiger partial charge on any atom is -0.445 e. The van der Waals surface area contributed by atoms with Gasteiger partial charge in [0.1, 0.15) is 6.26 Å². The Labute approximate surface area is 87.8 Å². The maximum Gasteiger partial charge on any atom is 0.225 e. The van der Waals surface area contributed by atoms with Gasteiger partial charge in [-0.3, -0.25) is 4.79 Å². The molecule has 0 radical (unpaired) electrons. The summed E-state index contributed by atoms with van der Waals surface area (Å²) in [7, 11) is 0. The third-order valence-electron chi connectivity index (χ3n) is 2.28. The van der Waals surface area contributed by atoms with Gasteiger partial charge in [-0.05, 0) is 31.5 Å². The number of nitrogens with zero attached hydrogens (tertiary/aromatic N) is 1. The molecule has 15 heavy (non-hydrogen) atoms. The second-order valence-electron chi connectivity index (χ2n) is 3.42. The highest BCUT2D eigenvalue weighted by Gasteiger charge is 2.07. The molecular weight excluding hydrogens is 190 g/mol. The van der Waals surface area contributed by atoms with E-state index in [1.54, 1.807) is 19.2 Å². The monoisotopic (exact) mass is 201 g/mol. The first kappa shape index (κ1) is 9.65. The van der Waals surface area contributed by atoms with Gasteiger partial charge in [0.2, 0.25) is 5.89 Å². The van der Waals surface area contributed by atoms with Gasteiger partial charge in [0, 0.05) is 11.1 Å². The largest absolute Gasteiger partial charge is 0.445 e. The van der Waals surface area contributed by atoms with Crippen LogP contribution in [0.15, 0.2) is 35.1 Å². The highest BCUT2D eigenvalue weighted by molar-refractivity contribution is 5.95. The zero-order chi connectivity index (χ0) is 10.8. The SMILES string of the molecule is CC(=O)c1ccc(-c2ncco2)cc1C. The molecular formula is C12H11NO2. The van der Waals surface area contributed by atoms with Gasteiger partial charge >= 0.3 is 0 Å². The highest BCUT2D eigenvalue weighted by atomic mass is 16.3. The van der Waals surface area contributed by atoms with Crippen molar-refractivity contribution in [1.29, 1.82) is 0 Å². The Morgan fingerprint density at radius 2 is 2.20 bits per heavy atom. The fraction of sp³-hybridized carbons (Fsp3) is 0.167. The molecule has 1 aromatic carbocycles. The molecule has 2 aromatic rings. The average molecular weight is 201 g/mol. The van der Waals surface area contributed by atoms with Crippen molar-refractivity contribution in [3.63, 3.8) is 0 Å². The Balaban J connectivity index is 2.47. The van der Waals surface area contributed by atoms with E-state index >= 15 is 0 Å². The van der Waals surface area contributed by atoms with E-state index in [1.807, 2.05) is 19.1 Å². The lowest BCUT2D eigenvalue weighted by atomic mass is 10.0. The molecule has 0 atom stereocenters. The first-order valence-electron chi connectivity index (χ1n) is 4.70. The molecule has 76 valence electrons. The van der Waals surface area contributed by atoms with Crippen molar-refractivity contribution in [2.45, 2.75) is 13.8 Å². The molecule has 0 saturated heterocycles. The molecule has 2 rings (SSSR count). The van der Waals surface area contributed by atoms with Gasteiger partial charge in [-0.25, -0.2) is 4.98 Å². The summed E-state index contributed by atoms with van der Waals surface area (Å²) < 4.78 is 5.18. The Kier molecular flexibility index (Phi) is 2.37. The van der Waals surface area contributed by atoms with Crippen LogP contribution in [-0.2, 0) is 0 Å². The van der Waals surface area contributed by atoms with E-state index in [-0.39, 0.29) is 5.78 Å². The first-order chi connectivity index (χ1) is 7.18. The lowest BCUT2D eigenvalue weighted by Crippen LogP contribution is -1.95. The number of Topliss-reactive ketones (excluding diaryl/α,β-unsaturated/α-hetero) is 1. The quantitative estimate of drug-likeness (QED) is 0.701. The summed E-state index contributed by atoms with van der Waals surface area (Å²) in [6, 6.07) is 5.55. The predicted octanol–water partition coefficient (Wildman–Crippen LogP) is 2.85. The summed E-state index contributed by atoms with van der Waals surface area (Å²) in [6.45, 7) is 3.47. The van der Waals surface area contributed by atoms with Crippen LogP contribution in [0, 0.1) is 6.92 Å². The molecule has 0 spiro atoms. The number of aryl methyl sites for hydroxylation is 1. The summed E-state index contributed by atoms with van der Waals surface area (Å²) >= 11 is 0. The first-order valence-corrected chi connectivity index (χ1v) is 4.70. The van der Waals surface area contributed by atoms with Crippen LogP contribution in [0.3, 0.4) is 0 Å². The molecule has 0 aliphatic heterocycles. The lowest BCUT2D eigenvalue weighted by Gasteiger charge is -2.03. The Hall–Kier alpha value is -1.90. The molecule has 0 aliphatic rings. The molecule has 0 amide bonds. The van der Waals surface area contributed by atoms with Crippen molar-refractivity contribution >= 4 is 5.78 Å². The van der Waals surface area contributed by atoms with E-state index in [4.69, 9.17) is 4.42 Å². The number of rotatable bonds is 2. The van der Waals surface area contributed by atoms with E-state index in [0.717, 1.165) is 16.7 Å². The number of hydrogen-bond acceptors (Lipinski definition) is 3. The topological polar surface area (TPSA) is 43.1 Å². The summed E-state index contributed by atoms with van der Waals surface area (Å²) in [4.78, 5) is 15.3. The number of carbonyl (C=O) groups is 1. The molecule has 0 bridgehead atoms. The second-order valence-corrected chi connectivity index (χ2v) is 3.42. The third kappa shape index (κ3) is 1.81. The Morgan fingerprint density at radius 1 is 1.40 bits per heavy atom. The number of carbonyl (C=O) groups excluding carboxylic acids is 1. The minimum atomic E-state index is 0.0754. The van der Waals surface area contributed by atoms with Gasteiger partial charge in [0.25, 0.3) is 0 Å². The van der Waals surface area contributed by atoms with Gasteiger partial charge in [-0.2, -0.15) is 0 Å². The van der Waals surface area contributed by atoms with Gasteiger partial charge in [0.15, 0.2) is 5.78 Å². The van der Waals surface area contributed by atoms with E-state index in [0.29, 0.717) is 5.89 Å². The van der Waals surface area contributed by atoms with Crippen LogP contribution < -0.4 is 0 Å². The van der Waals surface area contributed by atoms with Crippen molar-refractivity contribution in [1.82, 2.24) is 4.98 Å². The number of hydrogen-bond donors (Lipinski definition) is 0. The van der Waals surface area contributed by atoms with Crippen LogP contribution >= 0.6 is 0 Å². The van der Waals surface area contributed by atoms with E-state index in [1.165, 1.54) is 6.26 Å². The van der Waals surface area contributed by atoms with E-state index in [9.17, 15) is 4.79 Å². The summed E-state index contributed by atoms with van der Waals surface area (Å²) in [5.41, 5.74) is 2.58. The summed E-state index contributed by atoms with van der Waals surface area (Å²) in [6.07, 6.45) is 3.13. The van der Waals surface area contributed by atoms with E-state index < -0.39 is 0 Å². The maximum atomic E-state index is 11.2. The average Bonchev–Trinajstić information content (AvgIpc) is 2.69. The van der Waals surface area contributed by atoms with Crippen molar-refractivity contribution in [3.8, 4) is 11.5 Å². The van der Waals surface area contributed by atoms with Crippen LogP contribution in [0.5, 0.6) is 0 Å². The van der Waals surface area contributed by atoms with Crippen LogP contribution in [0.4, 0.5) is 0 Å². The van der Waals surface area contributed by atoms with Crippen LogP contribution in [0.25, 0.3) is 11.5 Å². The smallest absolute Gasteiger partial charge is 0.225 e. The van der Waals surface area contributed by atoms with Crippen LogP contribution in [-0.4, -0.2) is 10.8 Å².